The number of nitrogens with zero attached hydrogens (tertiary/aromatic N) is 2. The first-order chi connectivity index (χ1) is 12.7. The van der Waals surface area contributed by atoms with Crippen LogP contribution in [0.3, 0.4) is 0 Å². The highest BCUT2D eigenvalue weighted by atomic mass is 32.1. The second-order valence-corrected chi connectivity index (χ2v) is 6.08. The lowest BCUT2D eigenvalue weighted by molar-refractivity contribution is 0.349. The average Bonchev–Trinajstić information content (AvgIpc) is 3.17. The second-order valence-electron chi connectivity index (χ2n) is 5.22. The molecule has 6 nitrogen and oxygen atoms in total. The van der Waals surface area contributed by atoms with Crippen LogP contribution >= 0.6 is 11.3 Å². The predicted molar refractivity (Wildman–Crippen MR) is 105 cm³/mol. The van der Waals surface area contributed by atoms with Gasteiger partial charge in [0.1, 0.15) is 5.75 Å². The zero-order valence-electron chi connectivity index (χ0n) is 14.7. The standard InChI is InChI=1S/C19H19N3O3S/c1-23-16-10-18(25-3)17(24-2)9-14(16)11-20-22-19-21-15(12-26-19)13-7-5-4-6-8-13/h4-12H,1-3H3,(H,21,22)/b20-11-. The smallest absolute Gasteiger partial charge is 0.203 e. The molecule has 2 aromatic carbocycles. The van der Waals surface area contributed by atoms with Crippen LogP contribution in [-0.2, 0) is 0 Å². The summed E-state index contributed by atoms with van der Waals surface area (Å²) in [6.07, 6.45) is 1.66. The molecule has 26 heavy (non-hydrogen) atoms. The van der Waals surface area contributed by atoms with E-state index in [-0.39, 0.29) is 0 Å². The Balaban J connectivity index is 1.76. The summed E-state index contributed by atoms with van der Waals surface area (Å²) in [5, 5.41) is 6.95. The van der Waals surface area contributed by atoms with Gasteiger partial charge in [-0.3, -0.25) is 5.43 Å². The van der Waals surface area contributed by atoms with Crippen LogP contribution in [-0.4, -0.2) is 32.5 Å². The molecule has 1 heterocycles. The van der Waals surface area contributed by atoms with E-state index in [1.165, 1.54) is 11.3 Å². The lowest BCUT2D eigenvalue weighted by atomic mass is 10.2. The highest BCUT2D eigenvalue weighted by Crippen LogP contribution is 2.33. The third-order valence-corrected chi connectivity index (χ3v) is 4.42. The van der Waals surface area contributed by atoms with Crippen molar-refractivity contribution in [2.24, 2.45) is 5.10 Å². The Bertz CT molecular complexity index is 894. The van der Waals surface area contributed by atoms with E-state index in [1.807, 2.05) is 35.7 Å². The first-order valence-corrected chi connectivity index (χ1v) is 8.73. The van der Waals surface area contributed by atoms with Crippen LogP contribution in [0.4, 0.5) is 5.13 Å². The number of aromatic nitrogens is 1. The number of ether oxygens (including phenoxy) is 3. The van der Waals surface area contributed by atoms with Gasteiger partial charge >= 0.3 is 0 Å². The zero-order chi connectivity index (χ0) is 18.4. The molecule has 1 N–H and O–H groups in total. The van der Waals surface area contributed by atoms with Crippen LogP contribution in [0.5, 0.6) is 17.2 Å². The van der Waals surface area contributed by atoms with E-state index in [0.717, 1.165) is 16.8 Å². The summed E-state index contributed by atoms with van der Waals surface area (Å²) >= 11 is 1.49. The molecule has 1 aromatic heterocycles. The third kappa shape index (κ3) is 3.94. The lowest BCUT2D eigenvalue weighted by Gasteiger charge is -2.11. The Morgan fingerprint density at radius 2 is 1.65 bits per heavy atom. The van der Waals surface area contributed by atoms with E-state index in [1.54, 1.807) is 39.7 Å². The van der Waals surface area contributed by atoms with Crippen LogP contribution in [0, 0.1) is 0 Å². The molecule has 3 rings (SSSR count). The topological polar surface area (TPSA) is 65.0 Å². The summed E-state index contributed by atoms with van der Waals surface area (Å²) in [6, 6.07) is 13.6. The molecule has 0 radical (unpaired) electrons. The minimum absolute atomic E-state index is 0.599. The molecule has 0 saturated heterocycles. The average molecular weight is 369 g/mol. The maximum atomic E-state index is 5.38. The number of rotatable bonds is 7. The van der Waals surface area contributed by atoms with E-state index in [4.69, 9.17) is 14.2 Å². The van der Waals surface area contributed by atoms with Crippen LogP contribution in [0.2, 0.25) is 0 Å². The molecule has 0 aliphatic carbocycles. The van der Waals surface area contributed by atoms with Gasteiger partial charge in [0.2, 0.25) is 5.13 Å². The van der Waals surface area contributed by atoms with Gasteiger partial charge in [0, 0.05) is 22.6 Å². The van der Waals surface area contributed by atoms with Gasteiger partial charge in [-0.15, -0.1) is 11.3 Å². The van der Waals surface area contributed by atoms with Crippen molar-refractivity contribution in [3.8, 4) is 28.5 Å². The van der Waals surface area contributed by atoms with Gasteiger partial charge in [-0.2, -0.15) is 5.10 Å². The minimum Gasteiger partial charge on any atom is -0.496 e. The van der Waals surface area contributed by atoms with Gasteiger partial charge in [0.15, 0.2) is 11.5 Å². The molecule has 0 fully saturated rings. The summed E-state index contributed by atoms with van der Waals surface area (Å²) in [5.74, 6) is 1.84. The summed E-state index contributed by atoms with van der Waals surface area (Å²) < 4.78 is 16.0. The van der Waals surface area contributed by atoms with Crippen LogP contribution in [0.1, 0.15) is 5.56 Å². The molecular formula is C19H19N3O3S. The number of methoxy groups -OCH3 is 3. The SMILES string of the molecule is COc1cc(OC)c(OC)cc1/C=N\Nc1nc(-c2ccccc2)cs1. The van der Waals surface area contributed by atoms with E-state index in [9.17, 15) is 0 Å². The Morgan fingerprint density at radius 3 is 2.35 bits per heavy atom. The first-order valence-electron chi connectivity index (χ1n) is 7.85. The Kier molecular flexibility index (Phi) is 5.70. The number of nitrogens with one attached hydrogen (secondary N) is 1. The molecule has 7 heteroatoms. The van der Waals surface area contributed by atoms with Crippen LogP contribution in [0.25, 0.3) is 11.3 Å². The molecule has 3 aromatic rings. The van der Waals surface area contributed by atoms with Crippen molar-refractivity contribution in [1.29, 1.82) is 0 Å². The van der Waals surface area contributed by atoms with Crippen molar-refractivity contribution >= 4 is 22.7 Å². The first kappa shape index (κ1) is 17.8. The molecular weight excluding hydrogens is 350 g/mol. The van der Waals surface area contributed by atoms with Gasteiger partial charge < -0.3 is 14.2 Å². The second kappa shape index (κ2) is 8.35. The van der Waals surface area contributed by atoms with E-state index >= 15 is 0 Å². The fraction of sp³-hybridized carbons (Fsp3) is 0.158. The Labute approximate surface area is 156 Å². The molecule has 0 amide bonds. The number of anilines is 1. The molecule has 0 atom stereocenters. The van der Waals surface area contributed by atoms with Crippen molar-refractivity contribution in [1.82, 2.24) is 4.98 Å². The van der Waals surface area contributed by atoms with Gasteiger partial charge in [-0.1, -0.05) is 30.3 Å². The monoisotopic (exact) mass is 369 g/mol. The van der Waals surface area contributed by atoms with Crippen molar-refractivity contribution in [3.05, 3.63) is 53.4 Å². The van der Waals surface area contributed by atoms with E-state index < -0.39 is 0 Å². The summed E-state index contributed by atoms with van der Waals surface area (Å²) in [4.78, 5) is 4.53. The molecule has 0 aliphatic rings. The highest BCUT2D eigenvalue weighted by molar-refractivity contribution is 7.14. The lowest BCUT2D eigenvalue weighted by Crippen LogP contribution is -1.98. The molecule has 134 valence electrons. The highest BCUT2D eigenvalue weighted by Gasteiger charge is 2.10. The number of hydrogen-bond acceptors (Lipinski definition) is 7. The third-order valence-electron chi connectivity index (χ3n) is 3.67. The van der Waals surface area contributed by atoms with Crippen molar-refractivity contribution in [2.75, 3.05) is 26.8 Å². The number of hydrazone groups is 1. The van der Waals surface area contributed by atoms with Crippen molar-refractivity contribution < 1.29 is 14.2 Å². The number of hydrogen-bond donors (Lipinski definition) is 1. The molecule has 0 unspecified atom stereocenters. The molecule has 0 spiro atoms. The normalized spacial score (nSPS) is 10.7. The Hall–Kier alpha value is -3.06. The Morgan fingerprint density at radius 1 is 0.962 bits per heavy atom. The molecule has 0 bridgehead atoms. The van der Waals surface area contributed by atoms with Gasteiger partial charge in [-0.05, 0) is 6.07 Å². The summed E-state index contributed by atoms with van der Waals surface area (Å²) in [5.41, 5.74) is 5.70. The zero-order valence-corrected chi connectivity index (χ0v) is 15.5. The van der Waals surface area contributed by atoms with Gasteiger partial charge in [0.05, 0.1) is 33.2 Å². The van der Waals surface area contributed by atoms with Crippen LogP contribution in [0.15, 0.2) is 52.9 Å². The van der Waals surface area contributed by atoms with E-state index in [0.29, 0.717) is 22.4 Å². The number of thiazole rings is 1. The van der Waals surface area contributed by atoms with Crippen molar-refractivity contribution in [2.45, 2.75) is 0 Å². The maximum absolute atomic E-state index is 5.38. The molecule has 0 saturated carbocycles. The summed E-state index contributed by atoms with van der Waals surface area (Å²) in [7, 11) is 4.77. The van der Waals surface area contributed by atoms with E-state index in [2.05, 4.69) is 15.5 Å². The molecule has 0 aliphatic heterocycles. The quantitative estimate of drug-likeness (QED) is 0.497. The fourth-order valence-electron chi connectivity index (χ4n) is 2.38. The largest absolute Gasteiger partial charge is 0.496 e. The maximum Gasteiger partial charge on any atom is 0.203 e. The fourth-order valence-corrected chi connectivity index (χ4v) is 3.05. The van der Waals surface area contributed by atoms with Crippen LogP contribution < -0.4 is 19.6 Å². The van der Waals surface area contributed by atoms with Crippen molar-refractivity contribution in [3.63, 3.8) is 0 Å². The van der Waals surface area contributed by atoms with Gasteiger partial charge in [0.25, 0.3) is 0 Å². The predicted octanol–water partition coefficient (Wildman–Crippen LogP) is 4.28. The summed E-state index contributed by atoms with van der Waals surface area (Å²) in [6.45, 7) is 0. The minimum atomic E-state index is 0.599. The number of benzene rings is 2. The van der Waals surface area contributed by atoms with Gasteiger partial charge in [-0.25, -0.2) is 4.98 Å².